The third kappa shape index (κ3) is 6.33. The lowest BCUT2D eigenvalue weighted by atomic mass is 10.2. The van der Waals surface area contributed by atoms with Crippen molar-refractivity contribution in [3.63, 3.8) is 0 Å². The molecule has 0 aromatic heterocycles. The highest BCUT2D eigenvalue weighted by Crippen LogP contribution is 2.18. The molecule has 0 bridgehead atoms. The summed E-state index contributed by atoms with van der Waals surface area (Å²) in [5.41, 5.74) is 0.853. The molecule has 0 atom stereocenters. The Balaban J connectivity index is 2.20. The molecule has 0 fully saturated rings. The van der Waals surface area contributed by atoms with Crippen molar-refractivity contribution in [1.82, 2.24) is 0 Å². The number of benzene rings is 1. The summed E-state index contributed by atoms with van der Waals surface area (Å²) in [7, 11) is 1.66. The van der Waals surface area contributed by atoms with Crippen molar-refractivity contribution in [2.75, 3.05) is 33.5 Å². The van der Waals surface area contributed by atoms with E-state index in [1.165, 1.54) is 12.1 Å². The van der Waals surface area contributed by atoms with E-state index < -0.39 is 0 Å². The van der Waals surface area contributed by atoms with Crippen molar-refractivity contribution in [3.05, 3.63) is 29.6 Å². The molecule has 0 saturated heterocycles. The minimum absolute atomic E-state index is 0.289. The standard InChI is InChI=1S/C13H18BrFO3/c1-16-3-2-4-17-5-6-18-13-8-11(10-14)7-12(15)9-13/h7-9H,2-6,10H2,1H3. The van der Waals surface area contributed by atoms with E-state index in [1.807, 2.05) is 6.07 Å². The van der Waals surface area contributed by atoms with Crippen LogP contribution in [0.2, 0.25) is 0 Å². The lowest BCUT2D eigenvalue weighted by Gasteiger charge is -2.08. The molecule has 0 saturated carbocycles. The number of methoxy groups -OCH3 is 1. The second kappa shape index (κ2) is 9.30. The SMILES string of the molecule is COCCCOCCOc1cc(F)cc(CBr)c1. The van der Waals surface area contributed by atoms with Crippen molar-refractivity contribution in [2.24, 2.45) is 0 Å². The fraction of sp³-hybridized carbons (Fsp3) is 0.538. The molecule has 1 aromatic rings. The first-order chi connectivity index (χ1) is 8.76. The Kier molecular flexibility index (Phi) is 7.96. The molecule has 18 heavy (non-hydrogen) atoms. The number of rotatable bonds is 9. The van der Waals surface area contributed by atoms with Crippen LogP contribution in [0.5, 0.6) is 5.75 Å². The molecule has 0 unspecified atom stereocenters. The Hall–Kier alpha value is -0.650. The maximum Gasteiger partial charge on any atom is 0.127 e. The van der Waals surface area contributed by atoms with Crippen molar-refractivity contribution in [3.8, 4) is 5.75 Å². The van der Waals surface area contributed by atoms with Crippen LogP contribution in [-0.2, 0) is 14.8 Å². The van der Waals surface area contributed by atoms with Crippen molar-refractivity contribution < 1.29 is 18.6 Å². The van der Waals surface area contributed by atoms with Crippen LogP contribution in [0, 0.1) is 5.82 Å². The van der Waals surface area contributed by atoms with Gasteiger partial charge in [0.25, 0.3) is 0 Å². The van der Waals surface area contributed by atoms with Crippen molar-refractivity contribution in [2.45, 2.75) is 11.8 Å². The Morgan fingerprint density at radius 1 is 1.11 bits per heavy atom. The van der Waals surface area contributed by atoms with Crippen LogP contribution in [0.15, 0.2) is 18.2 Å². The van der Waals surface area contributed by atoms with Gasteiger partial charge in [-0.2, -0.15) is 0 Å². The summed E-state index contributed by atoms with van der Waals surface area (Å²) in [6.07, 6.45) is 0.865. The highest BCUT2D eigenvalue weighted by Gasteiger charge is 2.01. The Morgan fingerprint density at radius 2 is 1.94 bits per heavy atom. The van der Waals surface area contributed by atoms with E-state index >= 15 is 0 Å². The first-order valence-corrected chi connectivity index (χ1v) is 6.93. The lowest BCUT2D eigenvalue weighted by molar-refractivity contribution is 0.0805. The Labute approximate surface area is 115 Å². The van der Waals surface area contributed by atoms with Crippen LogP contribution in [0.25, 0.3) is 0 Å². The molecule has 102 valence electrons. The highest BCUT2D eigenvalue weighted by atomic mass is 79.9. The van der Waals surface area contributed by atoms with E-state index in [4.69, 9.17) is 14.2 Å². The highest BCUT2D eigenvalue weighted by molar-refractivity contribution is 9.08. The number of ether oxygens (including phenoxy) is 3. The van der Waals surface area contributed by atoms with Crippen molar-refractivity contribution >= 4 is 15.9 Å². The summed E-state index contributed by atoms with van der Waals surface area (Å²) in [6, 6.07) is 4.66. The molecule has 0 aliphatic heterocycles. The summed E-state index contributed by atoms with van der Waals surface area (Å²) < 4.78 is 28.8. The fourth-order valence-electron chi connectivity index (χ4n) is 1.41. The molecule has 0 N–H and O–H groups in total. The monoisotopic (exact) mass is 320 g/mol. The number of alkyl halides is 1. The van der Waals surface area contributed by atoms with E-state index in [0.29, 0.717) is 37.5 Å². The van der Waals surface area contributed by atoms with Gasteiger partial charge in [0.2, 0.25) is 0 Å². The minimum Gasteiger partial charge on any atom is -0.491 e. The van der Waals surface area contributed by atoms with Gasteiger partial charge in [0.1, 0.15) is 18.2 Å². The molecular formula is C13H18BrFO3. The van der Waals surface area contributed by atoms with Gasteiger partial charge in [-0.05, 0) is 24.1 Å². The molecular weight excluding hydrogens is 303 g/mol. The van der Waals surface area contributed by atoms with Gasteiger partial charge in [-0.1, -0.05) is 15.9 Å². The minimum atomic E-state index is -0.289. The summed E-state index contributed by atoms with van der Waals surface area (Å²) in [6.45, 7) is 2.24. The average Bonchev–Trinajstić information content (AvgIpc) is 2.37. The largest absolute Gasteiger partial charge is 0.491 e. The van der Waals surface area contributed by atoms with Crippen LogP contribution < -0.4 is 4.74 Å². The number of halogens is 2. The van der Waals surface area contributed by atoms with Gasteiger partial charge >= 0.3 is 0 Å². The second-order valence-corrected chi connectivity index (χ2v) is 4.30. The summed E-state index contributed by atoms with van der Waals surface area (Å²) in [4.78, 5) is 0. The van der Waals surface area contributed by atoms with Crippen LogP contribution in [0.3, 0.4) is 0 Å². The van der Waals surface area contributed by atoms with E-state index in [1.54, 1.807) is 7.11 Å². The molecule has 3 nitrogen and oxygen atoms in total. The van der Waals surface area contributed by atoms with Gasteiger partial charge in [0, 0.05) is 31.7 Å². The third-order valence-corrected chi connectivity index (χ3v) is 2.87. The predicted octanol–water partition coefficient (Wildman–Crippen LogP) is 3.15. The number of hydrogen-bond acceptors (Lipinski definition) is 3. The van der Waals surface area contributed by atoms with Gasteiger partial charge in [-0.3, -0.25) is 0 Å². The summed E-state index contributed by atoms with van der Waals surface area (Å²) in [5.74, 6) is 0.243. The Bertz CT molecular complexity index is 347. The van der Waals surface area contributed by atoms with E-state index in [0.717, 1.165) is 12.0 Å². The van der Waals surface area contributed by atoms with Gasteiger partial charge in [-0.15, -0.1) is 0 Å². The molecule has 0 heterocycles. The first kappa shape index (κ1) is 15.4. The van der Waals surface area contributed by atoms with Crippen LogP contribution >= 0.6 is 15.9 Å². The molecule has 5 heteroatoms. The van der Waals surface area contributed by atoms with Crippen LogP contribution in [0.4, 0.5) is 4.39 Å². The lowest BCUT2D eigenvalue weighted by Crippen LogP contribution is -2.08. The quantitative estimate of drug-likeness (QED) is 0.516. The van der Waals surface area contributed by atoms with Gasteiger partial charge < -0.3 is 14.2 Å². The van der Waals surface area contributed by atoms with Crippen LogP contribution in [-0.4, -0.2) is 33.5 Å². The molecule has 1 rings (SSSR count). The predicted molar refractivity (Wildman–Crippen MR) is 71.8 cm³/mol. The van der Waals surface area contributed by atoms with Crippen LogP contribution in [0.1, 0.15) is 12.0 Å². The smallest absolute Gasteiger partial charge is 0.127 e. The summed E-state index contributed by atoms with van der Waals surface area (Å²) in [5, 5.41) is 0.606. The molecule has 0 aliphatic carbocycles. The maximum atomic E-state index is 13.2. The van der Waals surface area contributed by atoms with E-state index in [9.17, 15) is 4.39 Å². The average molecular weight is 321 g/mol. The van der Waals surface area contributed by atoms with Crippen molar-refractivity contribution in [1.29, 1.82) is 0 Å². The van der Waals surface area contributed by atoms with Gasteiger partial charge in [0.15, 0.2) is 0 Å². The normalized spacial score (nSPS) is 10.6. The van der Waals surface area contributed by atoms with Gasteiger partial charge in [0.05, 0.1) is 6.61 Å². The molecule has 0 aliphatic rings. The zero-order valence-corrected chi connectivity index (χ0v) is 12.0. The topological polar surface area (TPSA) is 27.7 Å². The second-order valence-electron chi connectivity index (χ2n) is 3.74. The fourth-order valence-corrected chi connectivity index (χ4v) is 1.73. The summed E-state index contributed by atoms with van der Waals surface area (Å²) >= 11 is 3.28. The number of hydrogen-bond donors (Lipinski definition) is 0. The third-order valence-electron chi connectivity index (χ3n) is 2.22. The molecule has 0 amide bonds. The molecule has 1 aromatic carbocycles. The molecule has 0 radical (unpaired) electrons. The maximum absolute atomic E-state index is 13.2. The zero-order chi connectivity index (χ0) is 13.2. The molecule has 0 spiro atoms. The first-order valence-electron chi connectivity index (χ1n) is 5.81. The van der Waals surface area contributed by atoms with Gasteiger partial charge in [-0.25, -0.2) is 4.39 Å². The van der Waals surface area contributed by atoms with E-state index in [2.05, 4.69) is 15.9 Å². The van der Waals surface area contributed by atoms with E-state index in [-0.39, 0.29) is 5.82 Å². The zero-order valence-electron chi connectivity index (χ0n) is 10.5. The Morgan fingerprint density at radius 3 is 2.67 bits per heavy atom.